The van der Waals surface area contributed by atoms with Crippen LogP contribution in [-0.2, 0) is 9.47 Å². The minimum atomic E-state index is 0.00613. The van der Waals surface area contributed by atoms with Gasteiger partial charge in [0.2, 0.25) is 0 Å². The van der Waals surface area contributed by atoms with Crippen LogP contribution in [-0.4, -0.2) is 39.0 Å². The lowest BCUT2D eigenvalue weighted by Gasteiger charge is -2.49. The summed E-state index contributed by atoms with van der Waals surface area (Å²) in [6.07, 6.45) is 5.91. The lowest BCUT2D eigenvalue weighted by molar-refractivity contribution is -0.116. The normalized spacial score (nSPS) is 24.3. The van der Waals surface area contributed by atoms with Crippen molar-refractivity contribution in [2.45, 2.75) is 71.4 Å². The molecule has 2 atom stereocenters. The number of likely N-dealkylation sites (N-methyl/N-ethyl adjacent to an activating group) is 1. The van der Waals surface area contributed by atoms with Crippen LogP contribution in [0.1, 0.15) is 59.8 Å². The fourth-order valence-corrected chi connectivity index (χ4v) is 3.72. The Hall–Kier alpha value is -0.120. The highest BCUT2D eigenvalue weighted by Crippen LogP contribution is 2.45. The van der Waals surface area contributed by atoms with E-state index in [0.29, 0.717) is 17.4 Å². The highest BCUT2D eigenvalue weighted by molar-refractivity contribution is 5.00. The Morgan fingerprint density at radius 1 is 1.15 bits per heavy atom. The van der Waals surface area contributed by atoms with Gasteiger partial charge in [-0.3, -0.25) is 0 Å². The maximum atomic E-state index is 6.31. The third kappa shape index (κ3) is 4.44. The third-order valence-corrected chi connectivity index (χ3v) is 5.11. The molecular weight excluding hydrogens is 250 g/mol. The molecule has 0 aromatic rings. The molecule has 1 aliphatic carbocycles. The highest BCUT2D eigenvalue weighted by Gasteiger charge is 2.45. The van der Waals surface area contributed by atoms with Gasteiger partial charge in [-0.2, -0.15) is 0 Å². The van der Waals surface area contributed by atoms with E-state index in [2.05, 4.69) is 40.1 Å². The Morgan fingerprint density at radius 3 is 2.20 bits per heavy atom. The summed E-state index contributed by atoms with van der Waals surface area (Å²) in [5.74, 6) is 0.563. The number of ether oxygens (including phenoxy) is 2. The van der Waals surface area contributed by atoms with Gasteiger partial charge in [-0.25, -0.2) is 0 Å². The van der Waals surface area contributed by atoms with Crippen molar-refractivity contribution in [3.63, 3.8) is 0 Å². The first-order chi connectivity index (χ1) is 9.40. The molecule has 120 valence electrons. The molecule has 0 aliphatic heterocycles. The molecule has 0 heterocycles. The molecular formula is C17H35NO2. The van der Waals surface area contributed by atoms with Crippen molar-refractivity contribution in [3.05, 3.63) is 0 Å². The van der Waals surface area contributed by atoms with Gasteiger partial charge >= 0.3 is 0 Å². The second-order valence-electron chi connectivity index (χ2n) is 7.19. The van der Waals surface area contributed by atoms with E-state index in [-0.39, 0.29) is 5.60 Å². The van der Waals surface area contributed by atoms with Crippen LogP contribution in [0.2, 0.25) is 0 Å². The molecule has 3 nitrogen and oxygen atoms in total. The SMILES string of the molecule is CCOC1(C(NC)C(C)CCOC)CCC(C)(C)CC1. The predicted molar refractivity (Wildman–Crippen MR) is 85.1 cm³/mol. The van der Waals surface area contributed by atoms with Crippen molar-refractivity contribution < 1.29 is 9.47 Å². The maximum Gasteiger partial charge on any atom is 0.0837 e. The zero-order chi connectivity index (χ0) is 15.2. The van der Waals surface area contributed by atoms with Crippen molar-refractivity contribution in [3.8, 4) is 0 Å². The van der Waals surface area contributed by atoms with Crippen molar-refractivity contribution in [2.24, 2.45) is 11.3 Å². The summed E-state index contributed by atoms with van der Waals surface area (Å²) >= 11 is 0. The Morgan fingerprint density at radius 2 is 1.75 bits per heavy atom. The van der Waals surface area contributed by atoms with Crippen LogP contribution in [0, 0.1) is 11.3 Å². The summed E-state index contributed by atoms with van der Waals surface area (Å²) in [6, 6.07) is 0.411. The smallest absolute Gasteiger partial charge is 0.0837 e. The Labute approximate surface area is 125 Å². The fourth-order valence-electron chi connectivity index (χ4n) is 3.72. The van der Waals surface area contributed by atoms with Crippen LogP contribution < -0.4 is 5.32 Å². The molecule has 1 saturated carbocycles. The van der Waals surface area contributed by atoms with Gasteiger partial charge < -0.3 is 14.8 Å². The van der Waals surface area contributed by atoms with Crippen molar-refractivity contribution >= 4 is 0 Å². The van der Waals surface area contributed by atoms with Gasteiger partial charge in [0.15, 0.2) is 0 Å². The van der Waals surface area contributed by atoms with E-state index in [1.807, 2.05) is 0 Å². The first-order valence-corrected chi connectivity index (χ1v) is 8.21. The lowest BCUT2D eigenvalue weighted by atomic mass is 9.66. The van der Waals surface area contributed by atoms with E-state index in [1.54, 1.807) is 7.11 Å². The topological polar surface area (TPSA) is 30.5 Å². The van der Waals surface area contributed by atoms with E-state index < -0.39 is 0 Å². The molecule has 2 unspecified atom stereocenters. The molecule has 0 aromatic carbocycles. The Kier molecular flexibility index (Phi) is 6.96. The van der Waals surface area contributed by atoms with Gasteiger partial charge in [0.05, 0.1) is 5.60 Å². The zero-order valence-electron chi connectivity index (χ0n) is 14.4. The summed E-state index contributed by atoms with van der Waals surface area (Å²) in [7, 11) is 3.86. The van der Waals surface area contributed by atoms with E-state index in [1.165, 1.54) is 12.8 Å². The van der Waals surface area contributed by atoms with Crippen molar-refractivity contribution in [1.29, 1.82) is 0 Å². The minimum absolute atomic E-state index is 0.00613. The third-order valence-electron chi connectivity index (χ3n) is 5.11. The van der Waals surface area contributed by atoms with Crippen LogP contribution >= 0.6 is 0 Å². The quantitative estimate of drug-likeness (QED) is 0.739. The average molecular weight is 285 g/mol. The monoisotopic (exact) mass is 285 g/mol. The molecule has 1 fully saturated rings. The summed E-state index contributed by atoms with van der Waals surface area (Å²) in [5.41, 5.74) is 0.473. The first kappa shape index (κ1) is 17.9. The highest BCUT2D eigenvalue weighted by atomic mass is 16.5. The molecule has 20 heavy (non-hydrogen) atoms. The second-order valence-corrected chi connectivity index (χ2v) is 7.19. The summed E-state index contributed by atoms with van der Waals surface area (Å²) < 4.78 is 11.6. The van der Waals surface area contributed by atoms with E-state index >= 15 is 0 Å². The summed E-state index contributed by atoms with van der Waals surface area (Å²) in [6.45, 7) is 10.8. The first-order valence-electron chi connectivity index (χ1n) is 8.21. The minimum Gasteiger partial charge on any atom is -0.385 e. The number of nitrogens with one attached hydrogen (secondary N) is 1. The number of methoxy groups -OCH3 is 1. The van der Waals surface area contributed by atoms with Crippen LogP contribution in [0.3, 0.4) is 0 Å². The van der Waals surface area contributed by atoms with E-state index in [9.17, 15) is 0 Å². The van der Waals surface area contributed by atoms with E-state index in [4.69, 9.17) is 9.47 Å². The molecule has 0 spiro atoms. The van der Waals surface area contributed by atoms with Crippen LogP contribution in [0.15, 0.2) is 0 Å². The van der Waals surface area contributed by atoms with Gasteiger partial charge in [0.25, 0.3) is 0 Å². The average Bonchev–Trinajstić information content (AvgIpc) is 2.41. The summed E-state index contributed by atoms with van der Waals surface area (Å²) in [4.78, 5) is 0. The molecule has 0 aromatic heterocycles. The van der Waals surface area contributed by atoms with Crippen molar-refractivity contribution in [1.82, 2.24) is 5.32 Å². The zero-order valence-corrected chi connectivity index (χ0v) is 14.4. The maximum absolute atomic E-state index is 6.31. The molecule has 0 bridgehead atoms. The Balaban J connectivity index is 2.81. The predicted octanol–water partition coefficient (Wildman–Crippen LogP) is 3.62. The largest absolute Gasteiger partial charge is 0.385 e. The molecule has 1 aliphatic rings. The number of hydrogen-bond acceptors (Lipinski definition) is 3. The van der Waals surface area contributed by atoms with Gasteiger partial charge in [-0.1, -0.05) is 20.8 Å². The fraction of sp³-hybridized carbons (Fsp3) is 1.00. The van der Waals surface area contributed by atoms with Gasteiger partial charge in [-0.05, 0) is 57.4 Å². The number of rotatable bonds is 8. The lowest BCUT2D eigenvalue weighted by Crippen LogP contribution is -2.57. The molecule has 3 heteroatoms. The van der Waals surface area contributed by atoms with Gasteiger partial charge in [0, 0.05) is 26.4 Å². The van der Waals surface area contributed by atoms with Crippen LogP contribution in [0.4, 0.5) is 0 Å². The van der Waals surface area contributed by atoms with Gasteiger partial charge in [-0.15, -0.1) is 0 Å². The molecule has 1 N–H and O–H groups in total. The molecule has 0 radical (unpaired) electrons. The Bertz CT molecular complexity index is 268. The van der Waals surface area contributed by atoms with Crippen LogP contribution in [0.5, 0.6) is 0 Å². The molecule has 0 amide bonds. The van der Waals surface area contributed by atoms with Crippen LogP contribution in [0.25, 0.3) is 0 Å². The summed E-state index contributed by atoms with van der Waals surface area (Å²) in [5, 5.41) is 3.55. The number of hydrogen-bond donors (Lipinski definition) is 1. The molecule has 1 rings (SSSR count). The van der Waals surface area contributed by atoms with Gasteiger partial charge in [0.1, 0.15) is 0 Å². The standard InChI is InChI=1S/C17H35NO2/c1-7-20-17(11-9-16(3,4)10-12-17)15(18-5)14(2)8-13-19-6/h14-15,18H,7-13H2,1-6H3. The molecule has 0 saturated heterocycles. The van der Waals surface area contributed by atoms with E-state index in [0.717, 1.165) is 32.5 Å². The van der Waals surface area contributed by atoms with Crippen molar-refractivity contribution in [2.75, 3.05) is 27.4 Å². The second kappa shape index (κ2) is 7.77.